The molecule has 2 heterocycles. The number of hydrogen-bond acceptors (Lipinski definition) is 4. The number of aryl methyl sites for hydroxylation is 1. The molecule has 0 spiro atoms. The van der Waals surface area contributed by atoms with E-state index in [-0.39, 0.29) is 12.2 Å². The fourth-order valence-electron chi connectivity index (χ4n) is 2.99. The molecule has 4 rings (SSSR count). The second-order valence-corrected chi connectivity index (χ2v) is 5.22. The second-order valence-electron chi connectivity index (χ2n) is 5.22. The summed E-state index contributed by atoms with van der Waals surface area (Å²) in [4.78, 5) is 12.6. The molecule has 1 aliphatic heterocycles. The van der Waals surface area contributed by atoms with Crippen LogP contribution in [0.5, 0.6) is 17.2 Å². The second kappa shape index (κ2) is 4.66. The Morgan fingerprint density at radius 1 is 1.14 bits per heavy atom. The molecule has 0 fully saturated rings. The summed E-state index contributed by atoms with van der Waals surface area (Å²) < 4.78 is 18.2. The maximum atomic E-state index is 12.6. The van der Waals surface area contributed by atoms with Gasteiger partial charge in [0.15, 0.2) is 11.5 Å². The fraction of sp³-hybridized carbons (Fsp3) is 0.235. The van der Waals surface area contributed by atoms with Crippen LogP contribution in [0.3, 0.4) is 0 Å². The molecule has 22 heavy (non-hydrogen) atoms. The third-order valence-corrected chi connectivity index (χ3v) is 3.96. The van der Waals surface area contributed by atoms with E-state index in [1.165, 1.54) is 6.07 Å². The van der Waals surface area contributed by atoms with Crippen molar-refractivity contribution in [2.24, 2.45) is 7.05 Å². The molecule has 0 radical (unpaired) electrons. The van der Waals surface area contributed by atoms with Crippen LogP contribution in [0.1, 0.15) is 6.92 Å². The highest BCUT2D eigenvalue weighted by Gasteiger charge is 2.18. The van der Waals surface area contributed by atoms with E-state index in [4.69, 9.17) is 14.2 Å². The first-order chi connectivity index (χ1) is 10.7. The molecule has 0 saturated heterocycles. The van der Waals surface area contributed by atoms with Gasteiger partial charge in [-0.3, -0.25) is 4.79 Å². The number of fused-ring (bicyclic) bond motifs is 4. The molecular formula is C17H15NO4. The van der Waals surface area contributed by atoms with Crippen LogP contribution in [0.4, 0.5) is 0 Å². The van der Waals surface area contributed by atoms with Crippen LogP contribution in [0.15, 0.2) is 35.1 Å². The highest BCUT2D eigenvalue weighted by Crippen LogP contribution is 2.36. The Balaban J connectivity index is 2.13. The average molecular weight is 297 g/mol. The zero-order chi connectivity index (χ0) is 15.3. The Hall–Kier alpha value is -2.69. The zero-order valence-corrected chi connectivity index (χ0v) is 12.4. The average Bonchev–Trinajstić information content (AvgIpc) is 3.00. The van der Waals surface area contributed by atoms with E-state index in [9.17, 15) is 4.79 Å². The van der Waals surface area contributed by atoms with Gasteiger partial charge >= 0.3 is 0 Å². The van der Waals surface area contributed by atoms with E-state index in [0.717, 1.165) is 22.0 Å². The molecule has 0 saturated carbocycles. The maximum Gasteiger partial charge on any atom is 0.231 e. The first kappa shape index (κ1) is 13.0. The fourth-order valence-corrected chi connectivity index (χ4v) is 2.99. The van der Waals surface area contributed by atoms with Crippen LogP contribution >= 0.6 is 0 Å². The zero-order valence-electron chi connectivity index (χ0n) is 12.4. The van der Waals surface area contributed by atoms with Crippen molar-refractivity contribution in [3.8, 4) is 17.2 Å². The van der Waals surface area contributed by atoms with Crippen molar-refractivity contribution < 1.29 is 14.2 Å². The van der Waals surface area contributed by atoms with Gasteiger partial charge in [-0.15, -0.1) is 0 Å². The van der Waals surface area contributed by atoms with E-state index in [1.807, 2.05) is 42.8 Å². The van der Waals surface area contributed by atoms with Crippen LogP contribution < -0.4 is 19.6 Å². The molecule has 0 N–H and O–H groups in total. The van der Waals surface area contributed by atoms with Crippen molar-refractivity contribution in [2.75, 3.05) is 13.4 Å². The highest BCUT2D eigenvalue weighted by atomic mass is 16.7. The molecule has 0 atom stereocenters. The van der Waals surface area contributed by atoms with Gasteiger partial charge in [0.05, 0.1) is 17.6 Å². The lowest BCUT2D eigenvalue weighted by molar-refractivity contribution is 0.173. The van der Waals surface area contributed by atoms with Gasteiger partial charge in [0.1, 0.15) is 5.75 Å². The minimum Gasteiger partial charge on any atom is -0.494 e. The summed E-state index contributed by atoms with van der Waals surface area (Å²) in [5.41, 5.74) is 1.50. The molecule has 2 aromatic carbocycles. The number of hydrogen-bond donors (Lipinski definition) is 0. The van der Waals surface area contributed by atoms with Gasteiger partial charge in [0, 0.05) is 30.0 Å². The minimum atomic E-state index is -0.0848. The summed E-state index contributed by atoms with van der Waals surface area (Å²) in [5.74, 6) is 1.90. The molecule has 0 unspecified atom stereocenters. The summed E-state index contributed by atoms with van der Waals surface area (Å²) in [6.07, 6.45) is 0. The van der Waals surface area contributed by atoms with Gasteiger partial charge in [-0.05, 0) is 25.1 Å². The molecule has 1 aromatic heterocycles. The summed E-state index contributed by atoms with van der Waals surface area (Å²) in [6.45, 7) is 2.71. The molecule has 1 aliphatic rings. The van der Waals surface area contributed by atoms with Crippen LogP contribution in [0.25, 0.3) is 21.8 Å². The van der Waals surface area contributed by atoms with Crippen molar-refractivity contribution in [1.29, 1.82) is 0 Å². The maximum absolute atomic E-state index is 12.6. The standard InChI is InChI=1S/C17H15NO4/c1-3-20-10-4-5-11-12-7-15-16(22-9-21-15)8-14(19)17(12)18(2)13(11)6-10/h4-8H,3,9H2,1-2H3. The van der Waals surface area contributed by atoms with Gasteiger partial charge in [-0.2, -0.15) is 0 Å². The number of benzene rings is 1. The SMILES string of the molecule is CCOc1ccc2c3cc4c(cc(=O)c3n(C)c2c1)OCO4. The smallest absolute Gasteiger partial charge is 0.231 e. The predicted octanol–water partition coefficient (Wildman–Crippen LogP) is 2.82. The van der Waals surface area contributed by atoms with Gasteiger partial charge in [0.2, 0.25) is 12.2 Å². The Labute approximate surface area is 126 Å². The Kier molecular flexibility index (Phi) is 2.76. The van der Waals surface area contributed by atoms with Gasteiger partial charge in [0.25, 0.3) is 0 Å². The summed E-state index contributed by atoms with van der Waals surface area (Å²) >= 11 is 0. The number of aromatic nitrogens is 1. The van der Waals surface area contributed by atoms with E-state index < -0.39 is 0 Å². The van der Waals surface area contributed by atoms with E-state index in [0.29, 0.717) is 23.6 Å². The summed E-state index contributed by atoms with van der Waals surface area (Å²) in [7, 11) is 1.88. The Morgan fingerprint density at radius 2 is 1.91 bits per heavy atom. The molecular weight excluding hydrogens is 282 g/mol. The Bertz CT molecular complexity index is 958. The first-order valence-corrected chi connectivity index (χ1v) is 7.18. The monoisotopic (exact) mass is 297 g/mol. The summed E-state index contributed by atoms with van der Waals surface area (Å²) in [5, 5.41) is 1.85. The van der Waals surface area contributed by atoms with Crippen molar-refractivity contribution in [2.45, 2.75) is 6.92 Å². The predicted molar refractivity (Wildman–Crippen MR) is 84.0 cm³/mol. The number of ether oxygens (including phenoxy) is 3. The quantitative estimate of drug-likeness (QED) is 0.730. The van der Waals surface area contributed by atoms with Gasteiger partial charge < -0.3 is 18.8 Å². The van der Waals surface area contributed by atoms with Crippen molar-refractivity contribution in [3.63, 3.8) is 0 Å². The highest BCUT2D eigenvalue weighted by molar-refractivity contribution is 6.08. The largest absolute Gasteiger partial charge is 0.494 e. The normalized spacial score (nSPS) is 13.0. The van der Waals surface area contributed by atoms with Gasteiger partial charge in [-0.1, -0.05) is 0 Å². The number of rotatable bonds is 2. The lowest BCUT2D eigenvalue weighted by Gasteiger charge is -2.03. The lowest BCUT2D eigenvalue weighted by atomic mass is 10.2. The van der Waals surface area contributed by atoms with E-state index in [1.54, 1.807) is 0 Å². The van der Waals surface area contributed by atoms with Crippen LogP contribution in [-0.2, 0) is 7.05 Å². The lowest BCUT2D eigenvalue weighted by Crippen LogP contribution is -2.02. The molecule has 0 bridgehead atoms. The molecule has 0 amide bonds. The van der Waals surface area contributed by atoms with Crippen LogP contribution in [0.2, 0.25) is 0 Å². The third kappa shape index (κ3) is 1.75. The molecule has 0 aliphatic carbocycles. The first-order valence-electron chi connectivity index (χ1n) is 7.18. The molecule has 112 valence electrons. The van der Waals surface area contributed by atoms with E-state index >= 15 is 0 Å². The van der Waals surface area contributed by atoms with Crippen molar-refractivity contribution >= 4 is 21.8 Å². The Morgan fingerprint density at radius 3 is 2.68 bits per heavy atom. The molecule has 5 heteroatoms. The third-order valence-electron chi connectivity index (χ3n) is 3.96. The molecule has 3 aromatic rings. The van der Waals surface area contributed by atoms with Crippen LogP contribution in [0, 0.1) is 0 Å². The van der Waals surface area contributed by atoms with E-state index in [2.05, 4.69) is 0 Å². The van der Waals surface area contributed by atoms with Gasteiger partial charge in [-0.25, -0.2) is 0 Å². The van der Waals surface area contributed by atoms with Crippen LogP contribution in [-0.4, -0.2) is 18.0 Å². The summed E-state index contributed by atoms with van der Waals surface area (Å²) in [6, 6.07) is 9.22. The minimum absolute atomic E-state index is 0.0848. The molecule has 5 nitrogen and oxygen atoms in total. The van der Waals surface area contributed by atoms with Crippen molar-refractivity contribution in [3.05, 3.63) is 40.6 Å². The number of nitrogens with zero attached hydrogens (tertiary/aromatic N) is 1. The van der Waals surface area contributed by atoms with Crippen molar-refractivity contribution in [1.82, 2.24) is 4.57 Å². The topological polar surface area (TPSA) is 49.7 Å².